The number of carbonyl (C=O) groups excluding carboxylic acids is 2. The first kappa shape index (κ1) is 19.2. The van der Waals surface area contributed by atoms with Gasteiger partial charge in [-0.2, -0.15) is 0 Å². The maximum absolute atomic E-state index is 12.6. The third-order valence-corrected chi connectivity index (χ3v) is 4.37. The van der Waals surface area contributed by atoms with Crippen LogP contribution in [0.1, 0.15) is 32.6 Å². The van der Waals surface area contributed by atoms with Crippen LogP contribution in [0.4, 0.5) is 5.69 Å². The Labute approximate surface area is 150 Å². The van der Waals surface area contributed by atoms with Crippen LogP contribution < -0.4 is 10.1 Å². The largest absolute Gasteiger partial charge is 0.495 e. The molecule has 0 spiro atoms. The van der Waals surface area contributed by atoms with E-state index in [2.05, 4.69) is 10.2 Å². The first-order chi connectivity index (χ1) is 12.1. The minimum Gasteiger partial charge on any atom is -0.495 e. The highest BCUT2D eigenvalue weighted by Crippen LogP contribution is 2.22. The molecule has 0 aromatic heterocycles. The molecule has 1 fully saturated rings. The van der Waals surface area contributed by atoms with Crippen molar-refractivity contribution in [2.75, 3.05) is 45.2 Å². The van der Waals surface area contributed by atoms with Crippen molar-refractivity contribution in [1.29, 1.82) is 0 Å². The van der Waals surface area contributed by atoms with Crippen molar-refractivity contribution >= 4 is 17.5 Å². The van der Waals surface area contributed by atoms with E-state index in [0.717, 1.165) is 32.4 Å². The number of rotatable bonds is 8. The van der Waals surface area contributed by atoms with E-state index < -0.39 is 0 Å². The van der Waals surface area contributed by atoms with Crippen LogP contribution >= 0.6 is 0 Å². The minimum absolute atomic E-state index is 0.0268. The van der Waals surface area contributed by atoms with Gasteiger partial charge in [0.05, 0.1) is 25.9 Å². The van der Waals surface area contributed by atoms with Gasteiger partial charge in [0, 0.05) is 6.54 Å². The van der Waals surface area contributed by atoms with Gasteiger partial charge in [-0.3, -0.25) is 14.5 Å². The van der Waals surface area contributed by atoms with Gasteiger partial charge in [-0.25, -0.2) is 0 Å². The molecular formula is C19H29N3O3. The smallest absolute Gasteiger partial charge is 0.244 e. The van der Waals surface area contributed by atoms with E-state index in [1.54, 1.807) is 24.1 Å². The fraction of sp³-hybridized carbons (Fsp3) is 0.579. The predicted molar refractivity (Wildman–Crippen MR) is 98.8 cm³/mol. The van der Waals surface area contributed by atoms with Gasteiger partial charge in [0.2, 0.25) is 11.8 Å². The van der Waals surface area contributed by atoms with Crippen molar-refractivity contribution in [2.24, 2.45) is 0 Å². The molecular weight excluding hydrogens is 318 g/mol. The number of amides is 2. The molecule has 25 heavy (non-hydrogen) atoms. The van der Waals surface area contributed by atoms with Crippen LogP contribution in [0, 0.1) is 0 Å². The van der Waals surface area contributed by atoms with Crippen LogP contribution in [0.15, 0.2) is 24.3 Å². The molecule has 1 aliphatic heterocycles. The summed E-state index contributed by atoms with van der Waals surface area (Å²) in [5.74, 6) is 0.432. The third-order valence-electron chi connectivity index (χ3n) is 4.37. The van der Waals surface area contributed by atoms with E-state index in [1.165, 1.54) is 6.42 Å². The molecule has 1 saturated heterocycles. The van der Waals surface area contributed by atoms with Gasteiger partial charge in [-0.05, 0) is 44.5 Å². The number of hydrogen-bond donors (Lipinski definition) is 1. The van der Waals surface area contributed by atoms with Gasteiger partial charge in [0.15, 0.2) is 0 Å². The zero-order valence-corrected chi connectivity index (χ0v) is 15.3. The molecule has 1 aliphatic rings. The molecule has 0 atom stereocenters. The van der Waals surface area contributed by atoms with Gasteiger partial charge >= 0.3 is 0 Å². The van der Waals surface area contributed by atoms with Gasteiger partial charge in [-0.15, -0.1) is 0 Å². The average molecular weight is 347 g/mol. The van der Waals surface area contributed by atoms with Crippen molar-refractivity contribution in [2.45, 2.75) is 32.6 Å². The summed E-state index contributed by atoms with van der Waals surface area (Å²) < 4.78 is 5.24. The summed E-state index contributed by atoms with van der Waals surface area (Å²) in [4.78, 5) is 28.8. The number of benzene rings is 1. The molecule has 6 heteroatoms. The quantitative estimate of drug-likeness (QED) is 0.784. The molecule has 0 aliphatic carbocycles. The zero-order valence-electron chi connectivity index (χ0n) is 15.3. The Morgan fingerprint density at radius 3 is 2.60 bits per heavy atom. The molecule has 0 bridgehead atoms. The maximum Gasteiger partial charge on any atom is 0.244 e. The summed E-state index contributed by atoms with van der Waals surface area (Å²) in [5, 5.41) is 2.84. The first-order valence-corrected chi connectivity index (χ1v) is 9.07. The summed E-state index contributed by atoms with van der Waals surface area (Å²) in [6, 6.07) is 7.26. The number of piperidine rings is 1. The minimum atomic E-state index is -0.204. The molecule has 1 heterocycles. The lowest BCUT2D eigenvalue weighted by atomic mass is 10.1. The Morgan fingerprint density at radius 2 is 1.92 bits per heavy atom. The maximum atomic E-state index is 12.6. The number of likely N-dealkylation sites (tertiary alicyclic amines) is 1. The predicted octanol–water partition coefficient (Wildman–Crippen LogP) is 2.36. The van der Waals surface area contributed by atoms with Crippen LogP contribution in [-0.2, 0) is 9.59 Å². The number of anilines is 1. The average Bonchev–Trinajstić information content (AvgIpc) is 2.62. The van der Waals surface area contributed by atoms with Crippen LogP contribution in [0.25, 0.3) is 0 Å². The Hall–Kier alpha value is -2.08. The van der Waals surface area contributed by atoms with Crippen LogP contribution in [-0.4, -0.2) is 61.4 Å². The molecule has 138 valence electrons. The fourth-order valence-corrected chi connectivity index (χ4v) is 3.08. The van der Waals surface area contributed by atoms with Gasteiger partial charge in [0.1, 0.15) is 5.75 Å². The van der Waals surface area contributed by atoms with Crippen molar-refractivity contribution in [3.63, 3.8) is 0 Å². The number of nitrogens with zero attached hydrogens (tertiary/aromatic N) is 2. The van der Waals surface area contributed by atoms with E-state index in [0.29, 0.717) is 24.5 Å². The number of para-hydroxylation sites is 2. The van der Waals surface area contributed by atoms with E-state index in [-0.39, 0.29) is 18.4 Å². The van der Waals surface area contributed by atoms with E-state index >= 15 is 0 Å². The van der Waals surface area contributed by atoms with E-state index in [1.807, 2.05) is 19.1 Å². The summed E-state index contributed by atoms with van der Waals surface area (Å²) in [5.41, 5.74) is 0.620. The van der Waals surface area contributed by atoms with Crippen LogP contribution in [0.2, 0.25) is 0 Å². The highest BCUT2D eigenvalue weighted by atomic mass is 16.5. The SMILES string of the molecule is CCCN(CC(=O)Nc1ccccc1OC)C(=O)CN1CCCCC1. The number of hydrogen-bond acceptors (Lipinski definition) is 4. The number of nitrogens with one attached hydrogen (secondary N) is 1. The second kappa shape index (κ2) is 10.0. The first-order valence-electron chi connectivity index (χ1n) is 9.07. The molecule has 0 radical (unpaired) electrons. The third kappa shape index (κ3) is 6.05. The summed E-state index contributed by atoms with van der Waals surface area (Å²) >= 11 is 0. The van der Waals surface area contributed by atoms with Crippen molar-refractivity contribution in [3.05, 3.63) is 24.3 Å². The Balaban J connectivity index is 1.92. The van der Waals surface area contributed by atoms with Crippen molar-refractivity contribution in [1.82, 2.24) is 9.80 Å². The molecule has 1 aromatic rings. The highest BCUT2D eigenvalue weighted by Gasteiger charge is 2.21. The fourth-order valence-electron chi connectivity index (χ4n) is 3.08. The summed E-state index contributed by atoms with van der Waals surface area (Å²) in [6.07, 6.45) is 4.36. The summed E-state index contributed by atoms with van der Waals surface area (Å²) in [6.45, 7) is 5.02. The molecule has 2 amide bonds. The molecule has 6 nitrogen and oxygen atoms in total. The number of carbonyl (C=O) groups is 2. The molecule has 0 unspecified atom stereocenters. The van der Waals surface area contributed by atoms with Gasteiger partial charge in [-0.1, -0.05) is 25.5 Å². The van der Waals surface area contributed by atoms with Crippen LogP contribution in [0.3, 0.4) is 0 Å². The number of methoxy groups -OCH3 is 1. The summed E-state index contributed by atoms with van der Waals surface area (Å²) in [7, 11) is 1.57. The van der Waals surface area contributed by atoms with Crippen molar-refractivity contribution in [3.8, 4) is 5.75 Å². The standard InChI is InChI=1S/C19H29N3O3/c1-3-11-22(19(24)15-21-12-7-4-8-13-21)14-18(23)20-16-9-5-6-10-17(16)25-2/h5-6,9-10H,3-4,7-8,11-15H2,1-2H3,(H,20,23). The second-order valence-corrected chi connectivity index (χ2v) is 6.40. The van der Waals surface area contributed by atoms with Crippen LogP contribution in [0.5, 0.6) is 5.75 Å². The lowest BCUT2D eigenvalue weighted by molar-refractivity contribution is -0.135. The van der Waals surface area contributed by atoms with Gasteiger partial charge in [0.25, 0.3) is 0 Å². The highest BCUT2D eigenvalue weighted by molar-refractivity contribution is 5.95. The zero-order chi connectivity index (χ0) is 18.1. The van der Waals surface area contributed by atoms with E-state index in [4.69, 9.17) is 4.74 Å². The Bertz CT molecular complexity index is 571. The van der Waals surface area contributed by atoms with E-state index in [9.17, 15) is 9.59 Å². The number of ether oxygens (including phenoxy) is 1. The monoisotopic (exact) mass is 347 g/mol. The Morgan fingerprint density at radius 1 is 1.20 bits per heavy atom. The molecule has 0 saturated carbocycles. The molecule has 2 rings (SSSR count). The lowest BCUT2D eigenvalue weighted by Crippen LogP contribution is -2.45. The molecule has 1 N–H and O–H groups in total. The lowest BCUT2D eigenvalue weighted by Gasteiger charge is -2.29. The normalized spacial score (nSPS) is 14.8. The van der Waals surface area contributed by atoms with Gasteiger partial charge < -0.3 is 15.0 Å². The topological polar surface area (TPSA) is 61.9 Å². The Kier molecular flexibility index (Phi) is 7.73. The molecule has 1 aromatic carbocycles. The van der Waals surface area contributed by atoms with Crippen molar-refractivity contribution < 1.29 is 14.3 Å². The second-order valence-electron chi connectivity index (χ2n) is 6.40.